The summed E-state index contributed by atoms with van der Waals surface area (Å²) in [5.74, 6) is 0.0637. The fourth-order valence-electron chi connectivity index (χ4n) is 5.13. The van der Waals surface area contributed by atoms with E-state index in [2.05, 4.69) is 15.9 Å². The van der Waals surface area contributed by atoms with E-state index in [4.69, 9.17) is 21.1 Å². The maximum absolute atomic E-state index is 13.7. The molecule has 7 nitrogen and oxygen atoms in total. The van der Waals surface area contributed by atoms with Crippen LogP contribution in [0, 0.1) is 0 Å². The van der Waals surface area contributed by atoms with Crippen LogP contribution in [0.4, 0.5) is 17.1 Å². The van der Waals surface area contributed by atoms with Gasteiger partial charge < -0.3 is 14.4 Å². The van der Waals surface area contributed by atoms with Gasteiger partial charge in [-0.15, -0.1) is 0 Å². The first kappa shape index (κ1) is 25.5. The highest BCUT2D eigenvalue weighted by atomic mass is 79.9. The first-order valence-corrected chi connectivity index (χ1v) is 12.8. The first-order valence-electron chi connectivity index (χ1n) is 11.6. The summed E-state index contributed by atoms with van der Waals surface area (Å²) in [4.78, 5) is 32.5. The van der Waals surface area contributed by atoms with E-state index in [-0.39, 0.29) is 18.4 Å². The number of hydrogen-bond donors (Lipinski definition) is 0. The Morgan fingerprint density at radius 2 is 1.68 bits per heavy atom. The maximum Gasteiger partial charge on any atom is 0.260 e. The molecule has 2 amide bonds. The molecule has 2 heterocycles. The molecule has 2 aliphatic heterocycles. The van der Waals surface area contributed by atoms with Crippen LogP contribution in [0.5, 0.6) is 0 Å². The van der Waals surface area contributed by atoms with Gasteiger partial charge in [0.15, 0.2) is 6.10 Å². The Labute approximate surface area is 228 Å². The Kier molecular flexibility index (Phi) is 6.85. The lowest BCUT2D eigenvalue weighted by molar-refractivity contribution is -0.144. The number of amides is 2. The largest absolute Gasteiger partial charge is 0.375 e. The monoisotopic (exact) mass is 581 g/mol. The number of anilines is 3. The summed E-state index contributed by atoms with van der Waals surface area (Å²) in [5.41, 5.74) is 1.75. The number of halogens is 2. The van der Waals surface area contributed by atoms with Gasteiger partial charge in [-0.2, -0.15) is 0 Å². The predicted octanol–water partition coefficient (Wildman–Crippen LogP) is 5.33. The van der Waals surface area contributed by atoms with E-state index in [0.717, 1.165) is 15.7 Å². The number of para-hydroxylation sites is 3. The van der Waals surface area contributed by atoms with Crippen molar-refractivity contribution in [1.82, 2.24) is 0 Å². The lowest BCUT2D eigenvalue weighted by Gasteiger charge is -2.55. The van der Waals surface area contributed by atoms with Crippen LogP contribution in [0.2, 0.25) is 5.02 Å². The number of nitrogens with zero attached hydrogens (tertiary/aromatic N) is 3. The van der Waals surface area contributed by atoms with Crippen molar-refractivity contribution in [2.75, 3.05) is 42.6 Å². The predicted molar refractivity (Wildman–Crippen MR) is 148 cm³/mol. The minimum atomic E-state index is -1.04. The number of fused-ring (bicyclic) bond motifs is 3. The van der Waals surface area contributed by atoms with Crippen molar-refractivity contribution in [2.45, 2.75) is 11.6 Å². The number of carbonyl (C=O) groups excluding carboxylic acids is 2. The fourth-order valence-corrected chi connectivity index (χ4v) is 5.81. The van der Waals surface area contributed by atoms with Crippen LogP contribution < -0.4 is 14.7 Å². The van der Waals surface area contributed by atoms with E-state index in [1.165, 1.54) is 14.2 Å². The molecule has 0 spiro atoms. The molecule has 2 aliphatic rings. The highest BCUT2D eigenvalue weighted by Crippen LogP contribution is 2.53. The van der Waals surface area contributed by atoms with Gasteiger partial charge >= 0.3 is 0 Å². The molecule has 0 N–H and O–H groups in total. The topological polar surface area (TPSA) is 62.3 Å². The Morgan fingerprint density at radius 3 is 2.32 bits per heavy atom. The van der Waals surface area contributed by atoms with E-state index in [1.807, 2.05) is 78.7 Å². The zero-order valence-electron chi connectivity index (χ0n) is 20.5. The first-order chi connectivity index (χ1) is 17.8. The van der Waals surface area contributed by atoms with Gasteiger partial charge in [-0.05, 0) is 64.0 Å². The second-order valence-corrected chi connectivity index (χ2v) is 10.1. The highest BCUT2D eigenvalue weighted by Gasteiger charge is 2.63. The number of benzene rings is 3. The molecule has 5 rings (SSSR count). The molecule has 1 fully saturated rings. The van der Waals surface area contributed by atoms with Gasteiger partial charge in [0.2, 0.25) is 0 Å². The molecule has 37 heavy (non-hydrogen) atoms. The van der Waals surface area contributed by atoms with Gasteiger partial charge in [0, 0.05) is 30.8 Å². The van der Waals surface area contributed by atoms with Gasteiger partial charge in [-0.25, -0.2) is 0 Å². The lowest BCUT2D eigenvalue weighted by Crippen LogP contribution is -2.72. The van der Waals surface area contributed by atoms with Crippen molar-refractivity contribution < 1.29 is 19.1 Å². The third-order valence-corrected chi connectivity index (χ3v) is 7.70. The average Bonchev–Trinajstić information content (AvgIpc) is 3.00. The molecular weight excluding hydrogens is 558 g/mol. The normalized spacial score (nSPS) is 20.4. The number of hydrogen-bond acceptors (Lipinski definition) is 5. The molecule has 3 aromatic carbocycles. The Balaban J connectivity index is 1.86. The lowest BCUT2D eigenvalue weighted by atomic mass is 9.74. The van der Waals surface area contributed by atoms with Crippen LogP contribution >= 0.6 is 27.5 Å². The van der Waals surface area contributed by atoms with Gasteiger partial charge in [-0.3, -0.25) is 19.4 Å². The van der Waals surface area contributed by atoms with Crippen molar-refractivity contribution in [2.24, 2.45) is 0 Å². The smallest absolute Gasteiger partial charge is 0.260 e. The highest BCUT2D eigenvalue weighted by molar-refractivity contribution is 9.10. The summed E-state index contributed by atoms with van der Waals surface area (Å²) in [6.45, 7) is -0.148. The Hall–Kier alpha value is -3.17. The molecule has 2 unspecified atom stereocenters. The molecule has 0 bridgehead atoms. The molecular formula is C28H25BrClN3O4. The van der Waals surface area contributed by atoms with Gasteiger partial charge in [-0.1, -0.05) is 48.0 Å². The van der Waals surface area contributed by atoms with Crippen LogP contribution in [0.25, 0.3) is 0 Å². The molecule has 0 saturated carbocycles. The molecule has 2 atom stereocenters. The maximum atomic E-state index is 13.7. The quantitative estimate of drug-likeness (QED) is 0.368. The standard InChI is InChI=1S/C28H25BrClN3O4/c1-31(21-9-5-4-8-20(21)29)24-16-28(18-12-14-19(30)15-13-18)26(37-3)27(35)33(28)23-11-7-6-10-22(23)32(24)25(34)17-36-2/h4-16,26H,17H2,1-3H3. The van der Waals surface area contributed by atoms with Crippen molar-refractivity contribution >= 4 is 56.4 Å². The van der Waals surface area contributed by atoms with Crippen molar-refractivity contribution in [3.63, 3.8) is 0 Å². The van der Waals surface area contributed by atoms with Crippen LogP contribution in [0.3, 0.4) is 0 Å². The second-order valence-electron chi connectivity index (χ2n) is 8.79. The van der Waals surface area contributed by atoms with Gasteiger partial charge in [0.1, 0.15) is 18.0 Å². The summed E-state index contributed by atoms with van der Waals surface area (Å²) in [5, 5.41) is 0.576. The van der Waals surface area contributed by atoms with E-state index < -0.39 is 11.6 Å². The molecule has 0 aliphatic carbocycles. The minimum absolute atomic E-state index is 0.148. The third-order valence-electron chi connectivity index (χ3n) is 6.77. The number of ether oxygens (including phenoxy) is 2. The molecule has 0 aromatic heterocycles. The summed E-state index contributed by atoms with van der Waals surface area (Å²) in [6.07, 6.45) is 1.11. The van der Waals surface area contributed by atoms with Crippen molar-refractivity contribution in [1.29, 1.82) is 0 Å². The summed E-state index contributed by atoms with van der Waals surface area (Å²) in [6, 6.07) is 22.4. The van der Waals surface area contributed by atoms with Gasteiger partial charge in [0.25, 0.3) is 11.8 Å². The van der Waals surface area contributed by atoms with Crippen LogP contribution in [-0.4, -0.2) is 45.8 Å². The Bertz CT molecular complexity index is 1400. The summed E-state index contributed by atoms with van der Waals surface area (Å²) in [7, 11) is 4.89. The number of carbonyl (C=O) groups is 2. The molecule has 3 aromatic rings. The van der Waals surface area contributed by atoms with E-state index in [1.54, 1.807) is 21.9 Å². The van der Waals surface area contributed by atoms with Crippen LogP contribution in [0.1, 0.15) is 5.56 Å². The third kappa shape index (κ3) is 3.95. The molecule has 1 saturated heterocycles. The average molecular weight is 583 g/mol. The fraction of sp³-hybridized carbons (Fsp3) is 0.214. The van der Waals surface area contributed by atoms with Crippen LogP contribution in [0.15, 0.2) is 89.2 Å². The minimum Gasteiger partial charge on any atom is -0.375 e. The number of rotatable bonds is 6. The van der Waals surface area contributed by atoms with Crippen molar-refractivity contribution in [3.05, 3.63) is 99.8 Å². The second kappa shape index (κ2) is 9.95. The molecule has 190 valence electrons. The molecule has 0 radical (unpaired) electrons. The SMILES string of the molecule is COCC(=O)N1C(N(C)c2ccccc2Br)=CC2(c3ccc(Cl)cc3)C(OC)C(=O)N2c2ccccc21. The molecule has 9 heteroatoms. The van der Waals surface area contributed by atoms with Crippen LogP contribution in [-0.2, 0) is 24.6 Å². The van der Waals surface area contributed by atoms with E-state index >= 15 is 0 Å². The summed E-state index contributed by atoms with van der Waals surface area (Å²) >= 11 is 9.88. The van der Waals surface area contributed by atoms with E-state index in [9.17, 15) is 9.59 Å². The zero-order valence-corrected chi connectivity index (χ0v) is 22.9. The summed E-state index contributed by atoms with van der Waals surface area (Å²) < 4.78 is 11.9. The zero-order chi connectivity index (χ0) is 26.3. The van der Waals surface area contributed by atoms with Crippen molar-refractivity contribution in [3.8, 4) is 0 Å². The number of methoxy groups -OCH3 is 2. The van der Waals surface area contributed by atoms with Gasteiger partial charge in [0.05, 0.1) is 17.1 Å². The van der Waals surface area contributed by atoms with E-state index in [0.29, 0.717) is 22.2 Å². The number of β-lactam (4-membered cyclic amide) rings is 1. The Morgan fingerprint density at radius 1 is 1.03 bits per heavy atom.